The van der Waals surface area contributed by atoms with Gasteiger partial charge in [-0.05, 0) is 30.5 Å². The molecule has 162 valence electrons. The van der Waals surface area contributed by atoms with Crippen LogP contribution in [0.1, 0.15) is 18.4 Å². The van der Waals surface area contributed by atoms with Crippen LogP contribution in [0.15, 0.2) is 54.6 Å². The first-order valence-electron chi connectivity index (χ1n) is 10.7. The lowest BCUT2D eigenvalue weighted by molar-refractivity contribution is -0.384. The number of anilines is 1. The van der Waals surface area contributed by atoms with E-state index >= 15 is 0 Å². The van der Waals surface area contributed by atoms with E-state index in [-0.39, 0.29) is 28.3 Å². The quantitative estimate of drug-likeness (QED) is 0.557. The van der Waals surface area contributed by atoms with Crippen molar-refractivity contribution in [1.82, 2.24) is 9.80 Å². The highest BCUT2D eigenvalue weighted by molar-refractivity contribution is 5.79. The summed E-state index contributed by atoms with van der Waals surface area (Å²) in [5.74, 6) is 0.141. The number of nitro groups is 1. The molecule has 5 rings (SSSR count). The summed E-state index contributed by atoms with van der Waals surface area (Å²) >= 11 is 0. The van der Waals surface area contributed by atoms with Crippen LogP contribution in [0.4, 0.5) is 11.4 Å². The van der Waals surface area contributed by atoms with Crippen LogP contribution in [0.5, 0.6) is 0 Å². The number of fused-ring (bicyclic) bond motifs is 1. The Morgan fingerprint density at radius 1 is 1.06 bits per heavy atom. The Hall–Kier alpha value is -2.97. The van der Waals surface area contributed by atoms with Gasteiger partial charge in [-0.3, -0.25) is 19.8 Å². The van der Waals surface area contributed by atoms with E-state index in [0.717, 1.165) is 44.7 Å². The molecule has 2 aromatic carbocycles. The number of carbonyl (C=O) groups is 1. The number of hydrogen-bond donors (Lipinski definition) is 0. The SMILES string of the molecule is O=C1CN(Cc2ccccc2)CC2OC3(CCN(c4ccc([N+](=O)[O-])cc4)CC3)CN12. The van der Waals surface area contributed by atoms with E-state index in [4.69, 9.17) is 4.74 Å². The fraction of sp³-hybridized carbons (Fsp3) is 0.435. The summed E-state index contributed by atoms with van der Waals surface area (Å²) in [6.07, 6.45) is 1.49. The van der Waals surface area contributed by atoms with Gasteiger partial charge in [0.05, 0.1) is 23.6 Å². The summed E-state index contributed by atoms with van der Waals surface area (Å²) in [5.41, 5.74) is 2.00. The summed E-state index contributed by atoms with van der Waals surface area (Å²) in [6, 6.07) is 16.9. The highest BCUT2D eigenvalue weighted by Gasteiger charge is 2.50. The van der Waals surface area contributed by atoms with Crippen molar-refractivity contribution in [1.29, 1.82) is 0 Å². The van der Waals surface area contributed by atoms with Crippen molar-refractivity contribution < 1.29 is 14.5 Å². The van der Waals surface area contributed by atoms with Crippen LogP contribution >= 0.6 is 0 Å². The fourth-order valence-corrected chi connectivity index (χ4v) is 4.95. The van der Waals surface area contributed by atoms with E-state index < -0.39 is 0 Å². The molecule has 8 nitrogen and oxygen atoms in total. The van der Waals surface area contributed by atoms with Crippen molar-refractivity contribution in [3.63, 3.8) is 0 Å². The summed E-state index contributed by atoms with van der Waals surface area (Å²) < 4.78 is 6.51. The molecule has 0 aliphatic carbocycles. The molecular weight excluding hydrogens is 396 g/mol. The van der Waals surface area contributed by atoms with Gasteiger partial charge in [-0.1, -0.05) is 30.3 Å². The zero-order valence-electron chi connectivity index (χ0n) is 17.4. The van der Waals surface area contributed by atoms with Crippen LogP contribution in [-0.2, 0) is 16.1 Å². The van der Waals surface area contributed by atoms with Crippen molar-refractivity contribution in [3.8, 4) is 0 Å². The van der Waals surface area contributed by atoms with Gasteiger partial charge < -0.3 is 14.5 Å². The monoisotopic (exact) mass is 422 g/mol. The van der Waals surface area contributed by atoms with E-state index in [9.17, 15) is 14.9 Å². The minimum atomic E-state index is -0.379. The number of nitro benzene ring substituents is 1. The number of carbonyl (C=O) groups excluding carboxylic acids is 1. The zero-order chi connectivity index (χ0) is 21.4. The molecule has 2 aromatic rings. The highest BCUT2D eigenvalue weighted by atomic mass is 16.6. The molecule has 1 unspecified atom stereocenters. The molecular formula is C23H26N4O4. The number of ether oxygens (including phenoxy) is 1. The molecule has 31 heavy (non-hydrogen) atoms. The average molecular weight is 422 g/mol. The molecule has 0 saturated carbocycles. The number of amides is 1. The van der Waals surface area contributed by atoms with E-state index in [1.54, 1.807) is 24.3 Å². The number of piperazine rings is 1. The smallest absolute Gasteiger partial charge is 0.269 e. The Morgan fingerprint density at radius 3 is 2.45 bits per heavy atom. The molecule has 1 atom stereocenters. The first kappa shape index (κ1) is 20.0. The Kier molecular flexibility index (Phi) is 5.11. The highest BCUT2D eigenvalue weighted by Crippen LogP contribution is 2.38. The van der Waals surface area contributed by atoms with Gasteiger partial charge in [0, 0.05) is 44.0 Å². The Balaban J connectivity index is 1.21. The molecule has 8 heteroatoms. The Labute approximate surface area is 181 Å². The second kappa shape index (κ2) is 7.94. The topological polar surface area (TPSA) is 79.2 Å². The molecule has 0 radical (unpaired) electrons. The van der Waals surface area contributed by atoms with Crippen molar-refractivity contribution in [2.24, 2.45) is 0 Å². The van der Waals surface area contributed by atoms with Gasteiger partial charge in [0.1, 0.15) is 6.23 Å². The molecule has 0 aromatic heterocycles. The summed E-state index contributed by atoms with van der Waals surface area (Å²) in [5, 5.41) is 10.9. The van der Waals surface area contributed by atoms with Crippen LogP contribution in [-0.4, -0.2) is 65.2 Å². The predicted molar refractivity (Wildman–Crippen MR) is 116 cm³/mol. The number of nitrogens with zero attached hydrogens (tertiary/aromatic N) is 4. The van der Waals surface area contributed by atoms with E-state index in [1.165, 1.54) is 5.56 Å². The largest absolute Gasteiger partial charge is 0.371 e. The van der Waals surface area contributed by atoms with Crippen LogP contribution in [0, 0.1) is 10.1 Å². The van der Waals surface area contributed by atoms with Crippen molar-refractivity contribution >= 4 is 17.3 Å². The van der Waals surface area contributed by atoms with Gasteiger partial charge in [0.15, 0.2) is 0 Å². The maximum atomic E-state index is 12.8. The Morgan fingerprint density at radius 2 is 1.77 bits per heavy atom. The van der Waals surface area contributed by atoms with Gasteiger partial charge in [0.2, 0.25) is 5.91 Å². The first-order chi connectivity index (χ1) is 15.0. The molecule has 1 spiro atoms. The maximum absolute atomic E-state index is 12.8. The molecule has 0 bridgehead atoms. The lowest BCUT2D eigenvalue weighted by Crippen LogP contribution is -2.53. The van der Waals surface area contributed by atoms with Gasteiger partial charge >= 0.3 is 0 Å². The first-order valence-corrected chi connectivity index (χ1v) is 10.7. The lowest BCUT2D eigenvalue weighted by Gasteiger charge is -2.39. The molecule has 3 heterocycles. The van der Waals surface area contributed by atoms with Crippen LogP contribution in [0.25, 0.3) is 0 Å². The molecule has 3 saturated heterocycles. The third kappa shape index (κ3) is 4.00. The average Bonchev–Trinajstić information content (AvgIpc) is 3.13. The number of piperidine rings is 1. The summed E-state index contributed by atoms with van der Waals surface area (Å²) in [6.45, 7) is 4.18. The standard InChI is InChI=1S/C23H26N4O4/c28-21-15-24(14-18-4-2-1-3-5-18)16-22-26(21)17-23(31-22)10-12-25(13-11-23)19-6-8-20(9-7-19)27(29)30/h1-9,22H,10-17H2. The maximum Gasteiger partial charge on any atom is 0.269 e. The third-order valence-electron chi connectivity index (χ3n) is 6.64. The van der Waals surface area contributed by atoms with Gasteiger partial charge in [-0.25, -0.2) is 0 Å². The summed E-state index contributed by atoms with van der Waals surface area (Å²) in [4.78, 5) is 29.6. The van der Waals surface area contributed by atoms with E-state index in [0.29, 0.717) is 13.1 Å². The van der Waals surface area contributed by atoms with Crippen LogP contribution in [0.2, 0.25) is 0 Å². The van der Waals surface area contributed by atoms with Gasteiger partial charge in [-0.2, -0.15) is 0 Å². The second-order valence-electron chi connectivity index (χ2n) is 8.69. The molecule has 3 fully saturated rings. The number of hydrogen-bond acceptors (Lipinski definition) is 6. The normalized spacial score (nSPS) is 23.2. The molecule has 3 aliphatic rings. The fourth-order valence-electron chi connectivity index (χ4n) is 4.95. The minimum Gasteiger partial charge on any atom is -0.371 e. The zero-order valence-corrected chi connectivity index (χ0v) is 17.4. The predicted octanol–water partition coefficient (Wildman–Crippen LogP) is 2.63. The van der Waals surface area contributed by atoms with E-state index in [2.05, 4.69) is 21.9 Å². The van der Waals surface area contributed by atoms with Crippen molar-refractivity contribution in [3.05, 3.63) is 70.3 Å². The number of benzene rings is 2. The van der Waals surface area contributed by atoms with Crippen molar-refractivity contribution in [2.45, 2.75) is 31.2 Å². The van der Waals surface area contributed by atoms with Crippen molar-refractivity contribution in [2.75, 3.05) is 37.6 Å². The lowest BCUT2D eigenvalue weighted by atomic mass is 9.91. The molecule has 1 amide bonds. The summed E-state index contributed by atoms with van der Waals surface area (Å²) in [7, 11) is 0. The molecule has 0 N–H and O–H groups in total. The number of non-ortho nitro benzene ring substituents is 1. The molecule has 3 aliphatic heterocycles. The Bertz CT molecular complexity index is 957. The van der Waals surface area contributed by atoms with Crippen LogP contribution in [0.3, 0.4) is 0 Å². The third-order valence-corrected chi connectivity index (χ3v) is 6.64. The van der Waals surface area contributed by atoms with Gasteiger partial charge in [-0.15, -0.1) is 0 Å². The number of rotatable bonds is 4. The van der Waals surface area contributed by atoms with E-state index in [1.807, 2.05) is 23.1 Å². The van der Waals surface area contributed by atoms with Crippen LogP contribution < -0.4 is 4.90 Å². The minimum absolute atomic E-state index is 0.104. The second-order valence-corrected chi connectivity index (χ2v) is 8.69. The van der Waals surface area contributed by atoms with Gasteiger partial charge in [0.25, 0.3) is 5.69 Å².